The van der Waals surface area contributed by atoms with Gasteiger partial charge in [-0.3, -0.25) is 0 Å². The van der Waals surface area contributed by atoms with Gasteiger partial charge >= 0.3 is 0 Å². The van der Waals surface area contributed by atoms with Crippen LogP contribution >= 0.6 is 7.92 Å². The van der Waals surface area contributed by atoms with Crippen molar-refractivity contribution in [1.82, 2.24) is 0 Å². The van der Waals surface area contributed by atoms with E-state index in [9.17, 15) is 0 Å². The van der Waals surface area contributed by atoms with Crippen molar-refractivity contribution in [3.05, 3.63) is 232 Å². The molecule has 7 aromatic carbocycles. The van der Waals surface area contributed by atoms with Gasteiger partial charge in [-0.25, -0.2) is 6.17 Å². The summed E-state index contributed by atoms with van der Waals surface area (Å²) >= 11 is 0. The Hall–Kier alpha value is -5.12. The van der Waals surface area contributed by atoms with Crippen LogP contribution in [-0.4, -0.2) is 13.2 Å². The zero-order valence-corrected chi connectivity index (χ0v) is 40.1. The first-order valence-electron chi connectivity index (χ1n) is 21.9. The Kier molecular flexibility index (Phi) is 20.6. The summed E-state index contributed by atoms with van der Waals surface area (Å²) in [5, 5.41) is 19.8. The third kappa shape index (κ3) is 14.2. The van der Waals surface area contributed by atoms with Gasteiger partial charge in [0.1, 0.15) is 15.9 Å². The summed E-state index contributed by atoms with van der Waals surface area (Å²) in [6.45, 7) is 18.0. The van der Waals surface area contributed by atoms with Gasteiger partial charge in [-0.1, -0.05) is 205 Å². The number of hydrogen-bond donors (Lipinski definition) is 0. The fraction of sp³-hybridized carbons (Fsp3) is 0.263. The monoisotopic (exact) mass is 881 g/mol. The van der Waals surface area contributed by atoms with Gasteiger partial charge in [0.15, 0.2) is 0 Å². The zero-order valence-electron chi connectivity index (χ0n) is 38.1. The molecule has 0 spiro atoms. The van der Waals surface area contributed by atoms with Gasteiger partial charge in [-0.2, -0.15) is 36.4 Å². The van der Waals surface area contributed by atoms with Gasteiger partial charge in [-0.05, 0) is 60.1 Å². The standard InChI is InChI=1S/C33H44N3.C18H15P.C6H5.Co/c1-21(2)26-15-12-16-27(22(3)4)32(26)35-31(20-25-14-10-11-19-30(25)34-9)36-33-28(23(5)6)17-13-18-29(33)24(7)8;1-4-10-16(11-5-1)19(17-12-6-2-7-13-17)18-14-8-3-9-15-18;1-2-4-6-5-3-1;/h10-19,21-24,31H,20H2,1-9H3;1-15H;1-5H;/q-3;;-1;/p+1. The first-order chi connectivity index (χ1) is 29.6. The molecule has 0 fully saturated rings. The molecule has 0 atom stereocenters. The largest absolute Gasteiger partial charge is 0.696 e. The van der Waals surface area contributed by atoms with E-state index in [1.807, 2.05) is 43.4 Å². The minimum atomic E-state index is -0.877. The third-order valence-electron chi connectivity index (χ3n) is 10.7. The molecule has 0 saturated carbocycles. The van der Waals surface area contributed by atoms with Crippen LogP contribution in [0, 0.1) is 6.07 Å². The SMILES string of the molecule is C[N-]c1ccccc1CC([N-]c1c(C(C)C)cccc1C(C)C)[N-]c1c(C(C)C)cccc1C(C)C.[Co].[c-]1ccccc1.c1ccc([PH+](c2ccccc2)c2ccccc2)cc1. The fourth-order valence-corrected chi connectivity index (χ4v) is 10.1. The van der Waals surface area contributed by atoms with Crippen LogP contribution in [0.25, 0.3) is 16.0 Å². The van der Waals surface area contributed by atoms with Crippen LogP contribution in [0.3, 0.4) is 0 Å². The van der Waals surface area contributed by atoms with E-state index in [0.29, 0.717) is 30.1 Å². The molecule has 1 radical (unpaired) electrons. The van der Waals surface area contributed by atoms with Crippen LogP contribution in [0.1, 0.15) is 107 Å². The molecular weight excluding hydrogens is 817 g/mol. The van der Waals surface area contributed by atoms with E-state index < -0.39 is 7.92 Å². The summed E-state index contributed by atoms with van der Waals surface area (Å²) in [4.78, 5) is 0. The minimum Gasteiger partial charge on any atom is -0.696 e. The van der Waals surface area contributed by atoms with Crippen molar-refractivity contribution in [1.29, 1.82) is 0 Å². The molecule has 0 heterocycles. The first kappa shape index (κ1) is 49.5. The molecule has 5 heteroatoms. The Balaban J connectivity index is 0.000000267. The summed E-state index contributed by atoms with van der Waals surface area (Å²) in [6, 6.07) is 66.6. The molecule has 0 aliphatic rings. The topological polar surface area (TPSA) is 42.3 Å². The Morgan fingerprint density at radius 3 is 1.06 bits per heavy atom. The molecule has 0 bridgehead atoms. The van der Waals surface area contributed by atoms with Gasteiger partial charge < -0.3 is 16.0 Å². The van der Waals surface area contributed by atoms with Gasteiger partial charge in [0.05, 0.1) is 7.92 Å². The van der Waals surface area contributed by atoms with Crippen LogP contribution in [-0.2, 0) is 23.2 Å². The van der Waals surface area contributed by atoms with E-state index in [2.05, 4.69) is 212 Å². The molecule has 7 rings (SSSR count). The molecule has 325 valence electrons. The molecule has 7 aromatic rings. The van der Waals surface area contributed by atoms with Gasteiger partial charge in [0, 0.05) is 16.8 Å². The van der Waals surface area contributed by atoms with E-state index in [1.165, 1.54) is 43.7 Å². The summed E-state index contributed by atoms with van der Waals surface area (Å²) in [5.41, 5.74) is 9.55. The van der Waals surface area contributed by atoms with E-state index in [0.717, 1.165) is 17.1 Å². The maximum Gasteiger partial charge on any atom is 0.102 e. The van der Waals surface area contributed by atoms with Crippen molar-refractivity contribution in [3.63, 3.8) is 0 Å². The van der Waals surface area contributed by atoms with E-state index in [1.54, 1.807) is 0 Å². The Morgan fingerprint density at radius 2 is 0.758 bits per heavy atom. The van der Waals surface area contributed by atoms with E-state index >= 15 is 0 Å². The van der Waals surface area contributed by atoms with Crippen molar-refractivity contribution < 1.29 is 16.8 Å². The van der Waals surface area contributed by atoms with Gasteiger partial charge in [-0.15, -0.1) is 24.1 Å². The number of benzene rings is 7. The maximum atomic E-state index is 5.46. The zero-order chi connectivity index (χ0) is 43.6. The van der Waals surface area contributed by atoms with Crippen LogP contribution in [0.4, 0.5) is 17.1 Å². The van der Waals surface area contributed by atoms with Crippen LogP contribution in [0.2, 0.25) is 0 Å². The van der Waals surface area contributed by atoms with E-state index in [4.69, 9.17) is 10.6 Å². The average Bonchev–Trinajstić information content (AvgIpc) is 3.28. The summed E-state index contributed by atoms with van der Waals surface area (Å²) in [6.07, 6.45) is 0.462. The Morgan fingerprint density at radius 1 is 0.419 bits per heavy atom. The molecule has 3 nitrogen and oxygen atoms in total. The molecular formula is C57H65CoN3P-3. The summed E-state index contributed by atoms with van der Waals surface area (Å²) in [7, 11) is 0.982. The van der Waals surface area contributed by atoms with Crippen molar-refractivity contribution in [2.24, 2.45) is 0 Å². The fourth-order valence-electron chi connectivity index (χ4n) is 7.49. The van der Waals surface area contributed by atoms with E-state index in [-0.39, 0.29) is 22.9 Å². The van der Waals surface area contributed by atoms with Crippen molar-refractivity contribution >= 4 is 40.9 Å². The number of hydrogen-bond acceptors (Lipinski definition) is 0. The van der Waals surface area contributed by atoms with Crippen LogP contribution in [0.5, 0.6) is 0 Å². The molecule has 0 saturated heterocycles. The minimum absolute atomic E-state index is 0. The second-order valence-electron chi connectivity index (χ2n) is 16.5. The number of nitrogens with zero attached hydrogens (tertiary/aromatic N) is 3. The summed E-state index contributed by atoms with van der Waals surface area (Å²) in [5.74, 6) is 1.54. The van der Waals surface area contributed by atoms with Crippen molar-refractivity contribution in [3.8, 4) is 0 Å². The second kappa shape index (κ2) is 25.7. The second-order valence-corrected chi connectivity index (χ2v) is 19.0. The quantitative estimate of drug-likeness (QED) is 0.0771. The number of para-hydroxylation sites is 3. The van der Waals surface area contributed by atoms with Gasteiger partial charge in [0.2, 0.25) is 0 Å². The molecule has 62 heavy (non-hydrogen) atoms. The molecule has 0 aromatic heterocycles. The third-order valence-corrected chi connectivity index (χ3v) is 13.4. The van der Waals surface area contributed by atoms with Crippen molar-refractivity contribution in [2.45, 2.75) is 91.6 Å². The van der Waals surface area contributed by atoms with Crippen LogP contribution in [0.15, 0.2) is 182 Å². The average molecular weight is 882 g/mol. The predicted octanol–water partition coefficient (Wildman–Crippen LogP) is 15.8. The first-order valence-corrected chi connectivity index (χ1v) is 23.4. The van der Waals surface area contributed by atoms with Crippen molar-refractivity contribution in [2.75, 3.05) is 7.05 Å². The smallest absolute Gasteiger partial charge is 0.102 e. The predicted molar refractivity (Wildman–Crippen MR) is 270 cm³/mol. The summed E-state index contributed by atoms with van der Waals surface area (Å²) < 4.78 is 0. The molecule has 0 N–H and O–H groups in total. The molecule has 0 aliphatic carbocycles. The van der Waals surface area contributed by atoms with Crippen LogP contribution < -0.4 is 15.9 Å². The maximum absolute atomic E-state index is 5.46. The normalized spacial score (nSPS) is 10.8. The van der Waals surface area contributed by atoms with Gasteiger partial charge in [0.25, 0.3) is 0 Å². The molecule has 0 amide bonds. The number of rotatable bonds is 14. The molecule has 0 unspecified atom stereocenters. The molecule has 0 aliphatic heterocycles. The Bertz CT molecular complexity index is 2060. The Labute approximate surface area is 386 Å².